The molecule has 0 aliphatic carbocycles. The lowest BCUT2D eigenvalue weighted by atomic mass is 10.1. The van der Waals surface area contributed by atoms with Crippen LogP contribution in [0.4, 0.5) is 0 Å². The average Bonchev–Trinajstić information content (AvgIpc) is 2.39. The van der Waals surface area contributed by atoms with Crippen LogP contribution in [0.25, 0.3) is 10.8 Å². The highest BCUT2D eigenvalue weighted by Gasteiger charge is 2.03. The summed E-state index contributed by atoms with van der Waals surface area (Å²) in [5, 5.41) is 2.71. The number of rotatable bonds is 5. The minimum Gasteiger partial charge on any atom is -0.157 e. The second-order valence-electron chi connectivity index (χ2n) is 4.41. The molecule has 2 heteroatoms. The lowest BCUT2D eigenvalue weighted by molar-refractivity contribution is 0.759. The number of alkyl halides is 1. The number of hydrogen-bond donors (Lipinski definition) is 0. The molecule has 0 N–H and O–H groups in total. The van der Waals surface area contributed by atoms with Gasteiger partial charge in [0.25, 0.3) is 0 Å². The summed E-state index contributed by atoms with van der Waals surface area (Å²) in [6.07, 6.45) is 0. The summed E-state index contributed by atoms with van der Waals surface area (Å²) in [5.41, 5.74) is 1.43. The van der Waals surface area contributed by atoms with E-state index >= 15 is 0 Å². The summed E-state index contributed by atoms with van der Waals surface area (Å²) >= 11 is 7.78. The van der Waals surface area contributed by atoms with Crippen molar-refractivity contribution in [2.75, 3.05) is 11.6 Å². The molecule has 1 unspecified atom stereocenters. The summed E-state index contributed by atoms with van der Waals surface area (Å²) < 4.78 is 0. The molecule has 2 aromatic rings. The third kappa shape index (κ3) is 3.40. The standard InChI is InChI=1S/C15H17ClS/c1-12(9-16)10-17-11-14-7-4-6-13-5-2-3-8-15(13)14/h2-8,12H,9-11H2,1H3. The number of halogens is 1. The van der Waals surface area contributed by atoms with E-state index in [0.29, 0.717) is 5.92 Å². The zero-order valence-corrected chi connectivity index (χ0v) is 11.6. The Morgan fingerprint density at radius 3 is 2.71 bits per heavy atom. The number of hydrogen-bond acceptors (Lipinski definition) is 1. The van der Waals surface area contributed by atoms with Crippen LogP contribution in [0.1, 0.15) is 12.5 Å². The van der Waals surface area contributed by atoms with Gasteiger partial charge in [0.05, 0.1) is 0 Å². The molecule has 0 nitrogen and oxygen atoms in total. The van der Waals surface area contributed by atoms with Gasteiger partial charge in [0.2, 0.25) is 0 Å². The monoisotopic (exact) mass is 264 g/mol. The topological polar surface area (TPSA) is 0 Å². The average molecular weight is 265 g/mol. The molecule has 0 aliphatic rings. The van der Waals surface area contributed by atoms with Crippen LogP contribution in [0, 0.1) is 5.92 Å². The zero-order chi connectivity index (χ0) is 12.1. The minimum atomic E-state index is 0.594. The summed E-state index contributed by atoms with van der Waals surface area (Å²) in [7, 11) is 0. The molecule has 1 atom stereocenters. The molecule has 90 valence electrons. The van der Waals surface area contributed by atoms with Gasteiger partial charge >= 0.3 is 0 Å². The van der Waals surface area contributed by atoms with E-state index in [0.717, 1.165) is 17.4 Å². The molecule has 0 aliphatic heterocycles. The summed E-state index contributed by atoms with van der Waals surface area (Å²) in [5.74, 6) is 3.55. The first-order valence-corrected chi connectivity index (χ1v) is 7.60. The predicted molar refractivity (Wildman–Crippen MR) is 80.0 cm³/mol. The van der Waals surface area contributed by atoms with Crippen LogP contribution in [0.3, 0.4) is 0 Å². The van der Waals surface area contributed by atoms with Crippen molar-refractivity contribution in [1.29, 1.82) is 0 Å². The van der Waals surface area contributed by atoms with Gasteiger partial charge in [0.15, 0.2) is 0 Å². The third-order valence-corrected chi connectivity index (χ3v) is 4.65. The minimum absolute atomic E-state index is 0.594. The van der Waals surface area contributed by atoms with Gasteiger partial charge in [-0.2, -0.15) is 11.8 Å². The van der Waals surface area contributed by atoms with Crippen molar-refractivity contribution >= 4 is 34.1 Å². The second-order valence-corrected chi connectivity index (χ2v) is 5.75. The van der Waals surface area contributed by atoms with Crippen LogP contribution in [0.5, 0.6) is 0 Å². The molecule has 0 aromatic heterocycles. The van der Waals surface area contributed by atoms with Crippen molar-refractivity contribution in [3.63, 3.8) is 0 Å². The maximum atomic E-state index is 5.82. The number of benzene rings is 2. The van der Waals surface area contributed by atoms with Crippen molar-refractivity contribution in [2.24, 2.45) is 5.92 Å². The maximum Gasteiger partial charge on any atom is 0.0257 e. The molecule has 0 fully saturated rings. The predicted octanol–water partition coefficient (Wildman–Crippen LogP) is 4.95. The molecule has 0 bridgehead atoms. The number of thioether (sulfide) groups is 1. The number of fused-ring (bicyclic) bond motifs is 1. The lowest BCUT2D eigenvalue weighted by Gasteiger charge is -2.09. The third-order valence-electron chi connectivity index (χ3n) is 2.80. The van der Waals surface area contributed by atoms with Gasteiger partial charge in [-0.25, -0.2) is 0 Å². The Kier molecular flexibility index (Phi) is 4.75. The van der Waals surface area contributed by atoms with Gasteiger partial charge in [-0.05, 0) is 28.0 Å². The van der Waals surface area contributed by atoms with Crippen LogP contribution in [0.2, 0.25) is 0 Å². The van der Waals surface area contributed by atoms with E-state index in [1.165, 1.54) is 16.3 Å². The Hall–Kier alpha value is -0.660. The lowest BCUT2D eigenvalue weighted by Crippen LogP contribution is -1.99. The molecule has 2 rings (SSSR count). The highest BCUT2D eigenvalue weighted by molar-refractivity contribution is 7.98. The Morgan fingerprint density at radius 1 is 1.12 bits per heavy atom. The summed E-state index contributed by atoms with van der Waals surface area (Å²) in [6, 6.07) is 15.1. The Labute approximate surface area is 112 Å². The summed E-state index contributed by atoms with van der Waals surface area (Å²) in [6.45, 7) is 2.20. The van der Waals surface area contributed by atoms with E-state index in [9.17, 15) is 0 Å². The van der Waals surface area contributed by atoms with E-state index in [1.54, 1.807) is 0 Å². The van der Waals surface area contributed by atoms with Gasteiger partial charge in [0, 0.05) is 11.6 Å². The SMILES string of the molecule is CC(CCl)CSCc1cccc2ccccc12. The van der Waals surface area contributed by atoms with Crippen molar-refractivity contribution in [2.45, 2.75) is 12.7 Å². The van der Waals surface area contributed by atoms with Crippen molar-refractivity contribution in [1.82, 2.24) is 0 Å². The van der Waals surface area contributed by atoms with Gasteiger partial charge in [-0.1, -0.05) is 49.4 Å². The van der Waals surface area contributed by atoms with E-state index < -0.39 is 0 Å². The largest absolute Gasteiger partial charge is 0.157 e. The fraction of sp³-hybridized carbons (Fsp3) is 0.333. The Bertz CT molecular complexity index is 476. The molecule has 0 saturated heterocycles. The van der Waals surface area contributed by atoms with Gasteiger partial charge < -0.3 is 0 Å². The molecule has 0 heterocycles. The smallest absolute Gasteiger partial charge is 0.0257 e. The Balaban J connectivity index is 2.08. The van der Waals surface area contributed by atoms with E-state index in [-0.39, 0.29) is 0 Å². The van der Waals surface area contributed by atoms with Crippen LogP contribution >= 0.6 is 23.4 Å². The quantitative estimate of drug-likeness (QED) is 0.689. The van der Waals surface area contributed by atoms with Crippen LogP contribution in [-0.2, 0) is 5.75 Å². The fourth-order valence-corrected chi connectivity index (χ4v) is 3.18. The van der Waals surface area contributed by atoms with Crippen molar-refractivity contribution < 1.29 is 0 Å². The van der Waals surface area contributed by atoms with Crippen molar-refractivity contribution in [3.8, 4) is 0 Å². The first kappa shape index (κ1) is 12.8. The molecule has 0 spiro atoms. The van der Waals surface area contributed by atoms with Crippen LogP contribution in [-0.4, -0.2) is 11.6 Å². The van der Waals surface area contributed by atoms with E-state index in [1.807, 2.05) is 11.8 Å². The summed E-state index contributed by atoms with van der Waals surface area (Å²) in [4.78, 5) is 0. The van der Waals surface area contributed by atoms with Crippen LogP contribution < -0.4 is 0 Å². The van der Waals surface area contributed by atoms with E-state index in [4.69, 9.17) is 11.6 Å². The molecular formula is C15H17ClS. The molecule has 0 amide bonds. The highest BCUT2D eigenvalue weighted by Crippen LogP contribution is 2.23. The van der Waals surface area contributed by atoms with Crippen LogP contribution in [0.15, 0.2) is 42.5 Å². The highest BCUT2D eigenvalue weighted by atomic mass is 35.5. The first-order valence-electron chi connectivity index (χ1n) is 5.91. The van der Waals surface area contributed by atoms with E-state index in [2.05, 4.69) is 49.4 Å². The maximum absolute atomic E-state index is 5.82. The fourth-order valence-electron chi connectivity index (χ4n) is 1.83. The van der Waals surface area contributed by atoms with Gasteiger partial charge in [-0.3, -0.25) is 0 Å². The van der Waals surface area contributed by atoms with Crippen molar-refractivity contribution in [3.05, 3.63) is 48.0 Å². The van der Waals surface area contributed by atoms with Gasteiger partial charge in [0.1, 0.15) is 0 Å². The molecule has 0 radical (unpaired) electrons. The first-order chi connectivity index (χ1) is 8.31. The molecule has 2 aromatic carbocycles. The molecule has 0 saturated carbocycles. The molecule has 17 heavy (non-hydrogen) atoms. The zero-order valence-electron chi connectivity index (χ0n) is 10.0. The Morgan fingerprint density at radius 2 is 1.88 bits per heavy atom. The second kappa shape index (κ2) is 6.32. The van der Waals surface area contributed by atoms with Gasteiger partial charge in [-0.15, -0.1) is 11.6 Å². The normalized spacial score (nSPS) is 12.8. The molecular weight excluding hydrogens is 248 g/mol.